The smallest absolute Gasteiger partial charge is 0.228 e. The first-order valence-corrected chi connectivity index (χ1v) is 11.7. The molecule has 0 radical (unpaired) electrons. The fourth-order valence-corrected chi connectivity index (χ4v) is 4.06. The Kier molecular flexibility index (Phi) is 6.14. The molecule has 0 amide bonds. The van der Waals surface area contributed by atoms with Crippen LogP contribution in [0.3, 0.4) is 0 Å². The molecular weight excluding hydrogens is 452 g/mol. The number of aryl methyl sites for hydroxylation is 2. The van der Waals surface area contributed by atoms with Gasteiger partial charge in [-0.05, 0) is 45.7 Å². The first-order chi connectivity index (χ1) is 16.8. The first-order valence-electron chi connectivity index (χ1n) is 11.7. The number of aliphatic imine (C=N–C) groups is 1. The van der Waals surface area contributed by atoms with Gasteiger partial charge in [0.15, 0.2) is 5.65 Å². The van der Waals surface area contributed by atoms with Crippen molar-refractivity contribution in [3.05, 3.63) is 53.0 Å². The van der Waals surface area contributed by atoms with Crippen LogP contribution in [0.1, 0.15) is 31.2 Å². The minimum absolute atomic E-state index is 0.134. The lowest BCUT2D eigenvalue weighted by Crippen LogP contribution is -2.48. The molecule has 2 aromatic heterocycles. The van der Waals surface area contributed by atoms with Crippen LogP contribution in [0.25, 0.3) is 22.4 Å². The molecule has 0 unspecified atom stereocenters. The lowest BCUT2D eigenvalue weighted by molar-refractivity contribution is 0.00666. The molecular formula is C25H27F2N7O. The summed E-state index contributed by atoms with van der Waals surface area (Å²) in [5, 5.41) is 0. The molecule has 5 rings (SSSR count). The number of rotatable bonds is 5. The van der Waals surface area contributed by atoms with Crippen LogP contribution in [0.4, 0.5) is 14.7 Å². The molecule has 1 aliphatic carbocycles. The average Bonchev–Trinajstić information content (AvgIpc) is 3.64. The Morgan fingerprint density at radius 2 is 1.89 bits per heavy atom. The van der Waals surface area contributed by atoms with Crippen molar-refractivity contribution in [1.29, 1.82) is 0 Å². The van der Waals surface area contributed by atoms with Crippen LogP contribution < -0.4 is 10.6 Å². The number of hydrogen-bond acceptors (Lipinski definition) is 8. The molecule has 2 N–H and O–H groups in total. The van der Waals surface area contributed by atoms with Gasteiger partial charge < -0.3 is 15.4 Å². The van der Waals surface area contributed by atoms with Crippen LogP contribution in [0.2, 0.25) is 0 Å². The highest BCUT2D eigenvalue weighted by molar-refractivity contribution is 5.88. The molecule has 0 bridgehead atoms. The summed E-state index contributed by atoms with van der Waals surface area (Å²) < 4.78 is 34.6. The van der Waals surface area contributed by atoms with Crippen LogP contribution >= 0.6 is 0 Å². The monoisotopic (exact) mass is 479 g/mol. The number of aromatic nitrogens is 4. The molecule has 1 aliphatic heterocycles. The van der Waals surface area contributed by atoms with E-state index < -0.39 is 11.6 Å². The molecule has 3 aromatic rings. The number of benzene rings is 1. The third kappa shape index (κ3) is 4.84. The van der Waals surface area contributed by atoms with E-state index in [-0.39, 0.29) is 23.5 Å². The highest BCUT2D eigenvalue weighted by Crippen LogP contribution is 2.31. The van der Waals surface area contributed by atoms with Gasteiger partial charge in [0, 0.05) is 36.2 Å². The van der Waals surface area contributed by atoms with E-state index in [1.165, 1.54) is 18.3 Å². The van der Waals surface area contributed by atoms with E-state index in [1.54, 1.807) is 6.21 Å². The van der Waals surface area contributed by atoms with Gasteiger partial charge in [0.1, 0.15) is 28.9 Å². The van der Waals surface area contributed by atoms with Gasteiger partial charge >= 0.3 is 0 Å². The molecule has 2 aliphatic rings. The maximum Gasteiger partial charge on any atom is 0.228 e. The van der Waals surface area contributed by atoms with Gasteiger partial charge in [0.25, 0.3) is 0 Å². The van der Waals surface area contributed by atoms with Crippen molar-refractivity contribution < 1.29 is 13.5 Å². The lowest BCUT2D eigenvalue weighted by atomic mass is 10.1. The Hall–Kier alpha value is -3.53. The summed E-state index contributed by atoms with van der Waals surface area (Å²) in [6.45, 7) is 6.56. The number of nitrogens with two attached hydrogens (primary N) is 1. The summed E-state index contributed by atoms with van der Waals surface area (Å²) in [7, 11) is 0. The molecule has 0 spiro atoms. The van der Waals surface area contributed by atoms with Gasteiger partial charge in [0.2, 0.25) is 5.95 Å². The SMILES string of the molecule is Cc1nc2nc(N3C[C@@H](/C(C=NC4CC4)=C/N)O[C@@H](C)C3)nc(-c3ccc(F)cc3F)c2nc1C. The first kappa shape index (κ1) is 23.2. The Morgan fingerprint density at radius 1 is 1.11 bits per heavy atom. The van der Waals surface area contributed by atoms with E-state index in [9.17, 15) is 8.78 Å². The van der Waals surface area contributed by atoms with E-state index in [0.717, 1.165) is 24.5 Å². The van der Waals surface area contributed by atoms with Crippen LogP contribution in [-0.4, -0.2) is 57.5 Å². The zero-order valence-corrected chi connectivity index (χ0v) is 19.9. The fraction of sp³-hybridized carbons (Fsp3) is 0.400. The van der Waals surface area contributed by atoms with Crippen molar-refractivity contribution in [3.63, 3.8) is 0 Å². The summed E-state index contributed by atoms with van der Waals surface area (Å²) in [5.41, 5.74) is 9.18. The number of ether oxygens (including phenoxy) is 1. The molecule has 182 valence electrons. The van der Waals surface area contributed by atoms with E-state index in [4.69, 9.17) is 15.5 Å². The number of nitrogens with zero attached hydrogens (tertiary/aromatic N) is 6. The van der Waals surface area contributed by atoms with E-state index >= 15 is 0 Å². The van der Waals surface area contributed by atoms with E-state index in [2.05, 4.69) is 19.9 Å². The van der Waals surface area contributed by atoms with Crippen molar-refractivity contribution in [2.24, 2.45) is 10.7 Å². The Balaban J connectivity index is 1.58. The summed E-state index contributed by atoms with van der Waals surface area (Å²) in [6.07, 6.45) is 5.02. The second kappa shape index (κ2) is 9.26. The topological polar surface area (TPSA) is 102 Å². The quantitative estimate of drug-likeness (QED) is 0.557. The third-order valence-electron chi connectivity index (χ3n) is 6.21. The Morgan fingerprint density at radius 3 is 2.60 bits per heavy atom. The van der Waals surface area contributed by atoms with Crippen LogP contribution in [0.5, 0.6) is 0 Å². The largest absolute Gasteiger partial charge is 0.404 e. The Labute approximate surface area is 202 Å². The summed E-state index contributed by atoms with van der Waals surface area (Å²) >= 11 is 0. The number of morpholine rings is 1. The minimum atomic E-state index is -0.728. The summed E-state index contributed by atoms with van der Waals surface area (Å²) in [5.74, 6) is -1.03. The number of anilines is 1. The molecule has 35 heavy (non-hydrogen) atoms. The predicted octanol–water partition coefficient (Wildman–Crippen LogP) is 3.65. The second-order valence-corrected chi connectivity index (χ2v) is 9.08. The molecule has 2 fully saturated rings. The highest BCUT2D eigenvalue weighted by atomic mass is 19.1. The van der Waals surface area contributed by atoms with Gasteiger partial charge in [-0.3, -0.25) is 4.99 Å². The number of hydrogen-bond donors (Lipinski definition) is 1. The van der Waals surface area contributed by atoms with E-state index in [1.807, 2.05) is 25.7 Å². The van der Waals surface area contributed by atoms with Crippen molar-refractivity contribution in [1.82, 2.24) is 19.9 Å². The van der Waals surface area contributed by atoms with Crippen LogP contribution in [0.15, 0.2) is 35.0 Å². The van der Waals surface area contributed by atoms with Crippen molar-refractivity contribution in [2.75, 3.05) is 18.0 Å². The maximum absolute atomic E-state index is 14.8. The molecule has 8 nitrogen and oxygen atoms in total. The highest BCUT2D eigenvalue weighted by Gasteiger charge is 2.30. The van der Waals surface area contributed by atoms with Gasteiger partial charge in [-0.25, -0.2) is 23.7 Å². The maximum atomic E-state index is 14.8. The average molecular weight is 480 g/mol. The van der Waals surface area contributed by atoms with Crippen molar-refractivity contribution >= 4 is 23.3 Å². The predicted molar refractivity (Wildman–Crippen MR) is 130 cm³/mol. The number of fused-ring (bicyclic) bond motifs is 1. The normalized spacial score (nSPS) is 21.3. The van der Waals surface area contributed by atoms with Gasteiger partial charge in [-0.15, -0.1) is 0 Å². The molecule has 1 aromatic carbocycles. The van der Waals surface area contributed by atoms with Crippen molar-refractivity contribution in [2.45, 2.75) is 51.9 Å². The van der Waals surface area contributed by atoms with Crippen LogP contribution in [-0.2, 0) is 4.74 Å². The molecule has 3 heterocycles. The Bertz CT molecular complexity index is 1340. The van der Waals surface area contributed by atoms with Crippen LogP contribution in [0, 0.1) is 25.5 Å². The molecule has 1 saturated carbocycles. The fourth-order valence-electron chi connectivity index (χ4n) is 4.06. The molecule has 10 heteroatoms. The molecule has 1 saturated heterocycles. The zero-order valence-electron chi connectivity index (χ0n) is 19.9. The van der Waals surface area contributed by atoms with E-state index in [0.29, 0.717) is 47.6 Å². The number of halogens is 2. The lowest BCUT2D eigenvalue weighted by Gasteiger charge is -2.37. The molecule has 2 atom stereocenters. The van der Waals surface area contributed by atoms with Gasteiger partial charge in [-0.2, -0.15) is 4.98 Å². The van der Waals surface area contributed by atoms with Gasteiger partial charge in [-0.1, -0.05) is 0 Å². The zero-order chi connectivity index (χ0) is 24.7. The summed E-state index contributed by atoms with van der Waals surface area (Å²) in [6, 6.07) is 3.76. The second-order valence-electron chi connectivity index (χ2n) is 9.08. The minimum Gasteiger partial charge on any atom is -0.404 e. The van der Waals surface area contributed by atoms with Crippen molar-refractivity contribution in [3.8, 4) is 11.3 Å². The standard InChI is InChI=1S/C25H27F2N7O/c1-13-11-34(12-21(35-13)16(9-28)10-29-18-5-6-18)25-32-22(19-7-4-17(26)8-20(19)27)23-24(33-25)31-15(3)14(2)30-23/h4,7-10,13,18,21H,5-6,11-12,28H2,1-3H3/b16-9+,29-10?/t13-,21-/m0/s1. The summed E-state index contributed by atoms with van der Waals surface area (Å²) in [4.78, 5) is 25.1. The third-order valence-corrected chi connectivity index (χ3v) is 6.21. The van der Waals surface area contributed by atoms with Gasteiger partial charge in [0.05, 0.1) is 30.1 Å².